The highest BCUT2D eigenvalue weighted by Gasteiger charge is 2.40. The van der Waals surface area contributed by atoms with Crippen LogP contribution in [0.25, 0.3) is 22.3 Å². The van der Waals surface area contributed by atoms with Crippen molar-refractivity contribution >= 4 is 11.0 Å². The van der Waals surface area contributed by atoms with Crippen LogP contribution in [0.2, 0.25) is 0 Å². The van der Waals surface area contributed by atoms with Crippen LogP contribution >= 0.6 is 0 Å². The minimum atomic E-state index is -0.834. The predicted molar refractivity (Wildman–Crippen MR) is 121 cm³/mol. The van der Waals surface area contributed by atoms with E-state index in [1.165, 1.54) is 37.4 Å². The molecule has 174 valence electrons. The molecule has 0 amide bonds. The van der Waals surface area contributed by atoms with Crippen LogP contribution in [0.15, 0.2) is 51.7 Å². The molecule has 0 unspecified atom stereocenters. The van der Waals surface area contributed by atoms with E-state index in [4.69, 9.17) is 9.15 Å². The Labute approximate surface area is 192 Å². The highest BCUT2D eigenvalue weighted by Crippen LogP contribution is 2.52. The summed E-state index contributed by atoms with van der Waals surface area (Å²) in [7, 11) is 1.37. The molecule has 1 aliphatic carbocycles. The summed E-state index contributed by atoms with van der Waals surface area (Å²) in [6.45, 7) is -0.441. The van der Waals surface area contributed by atoms with Gasteiger partial charge in [-0.05, 0) is 35.4 Å². The molecule has 6 N–H and O–H groups in total. The maximum Gasteiger partial charge on any atom is 0.200 e. The van der Waals surface area contributed by atoms with Crippen LogP contribution in [0.1, 0.15) is 28.5 Å². The van der Waals surface area contributed by atoms with E-state index in [0.717, 1.165) is 6.07 Å². The molecule has 34 heavy (non-hydrogen) atoms. The number of fused-ring (bicyclic) bond motifs is 4. The zero-order valence-corrected chi connectivity index (χ0v) is 17.8. The van der Waals surface area contributed by atoms with Gasteiger partial charge in [-0.15, -0.1) is 0 Å². The molecule has 4 aromatic rings. The molecule has 9 nitrogen and oxygen atoms in total. The SMILES string of the molecule is COc1cc([C@@H]2c3c(oc4cc(O)cc(O)c4c3=O)-c3cc(O)c(O)cc3[C@H]2CO)ccc1O. The fraction of sp³-hybridized carbons (Fsp3) is 0.160. The number of aromatic hydroxyl groups is 5. The molecule has 1 heterocycles. The first-order chi connectivity index (χ1) is 16.2. The molecule has 1 aromatic heterocycles. The quantitative estimate of drug-likeness (QED) is 0.250. The van der Waals surface area contributed by atoms with Crippen molar-refractivity contribution in [3.8, 4) is 45.8 Å². The Kier molecular flexibility index (Phi) is 4.80. The molecule has 3 aromatic carbocycles. The average molecular weight is 464 g/mol. The van der Waals surface area contributed by atoms with Crippen LogP contribution in [0, 0.1) is 0 Å². The van der Waals surface area contributed by atoms with Gasteiger partial charge < -0.3 is 39.8 Å². The summed E-state index contributed by atoms with van der Waals surface area (Å²) >= 11 is 0. The number of phenols is 5. The number of ether oxygens (including phenoxy) is 1. The number of rotatable bonds is 3. The van der Waals surface area contributed by atoms with Crippen molar-refractivity contribution in [1.29, 1.82) is 0 Å². The molecule has 0 aliphatic heterocycles. The number of phenolic OH excluding ortho intramolecular Hbond substituents is 5. The molecule has 2 atom stereocenters. The third-order valence-electron chi connectivity index (χ3n) is 6.26. The van der Waals surface area contributed by atoms with E-state index >= 15 is 0 Å². The first kappa shape index (κ1) is 21.5. The topological polar surface area (TPSA) is 161 Å². The van der Waals surface area contributed by atoms with Gasteiger partial charge in [0, 0.05) is 29.5 Å². The Morgan fingerprint density at radius 3 is 2.35 bits per heavy atom. The minimum absolute atomic E-state index is 0.0505. The molecule has 0 saturated heterocycles. The number of aliphatic hydroxyl groups excluding tert-OH is 1. The molecular weight excluding hydrogens is 444 g/mol. The average Bonchev–Trinajstić information content (AvgIpc) is 2.79. The van der Waals surface area contributed by atoms with E-state index in [2.05, 4.69) is 0 Å². The Morgan fingerprint density at radius 1 is 0.912 bits per heavy atom. The van der Waals surface area contributed by atoms with Crippen molar-refractivity contribution in [1.82, 2.24) is 0 Å². The maximum absolute atomic E-state index is 13.8. The van der Waals surface area contributed by atoms with E-state index in [-0.39, 0.29) is 45.1 Å². The van der Waals surface area contributed by atoms with Gasteiger partial charge in [0.15, 0.2) is 23.0 Å². The Balaban J connectivity index is 1.94. The molecule has 0 fully saturated rings. The normalized spacial score (nSPS) is 16.8. The fourth-order valence-electron chi connectivity index (χ4n) is 4.75. The summed E-state index contributed by atoms with van der Waals surface area (Å²) in [4.78, 5) is 13.8. The third-order valence-corrected chi connectivity index (χ3v) is 6.26. The first-order valence-electron chi connectivity index (χ1n) is 10.3. The lowest BCUT2D eigenvalue weighted by atomic mass is 9.70. The lowest BCUT2D eigenvalue weighted by Crippen LogP contribution is -2.27. The van der Waals surface area contributed by atoms with Crippen molar-refractivity contribution in [2.75, 3.05) is 13.7 Å². The van der Waals surface area contributed by atoms with Gasteiger partial charge in [0.05, 0.1) is 19.3 Å². The smallest absolute Gasteiger partial charge is 0.200 e. The summed E-state index contributed by atoms with van der Waals surface area (Å²) < 4.78 is 11.2. The zero-order chi connectivity index (χ0) is 24.3. The van der Waals surface area contributed by atoms with Crippen molar-refractivity contribution in [3.63, 3.8) is 0 Å². The zero-order valence-electron chi connectivity index (χ0n) is 17.8. The van der Waals surface area contributed by atoms with Gasteiger partial charge in [-0.25, -0.2) is 0 Å². The van der Waals surface area contributed by atoms with Crippen LogP contribution in [0.3, 0.4) is 0 Å². The lowest BCUT2D eigenvalue weighted by Gasteiger charge is -2.34. The summed E-state index contributed by atoms with van der Waals surface area (Å²) in [5.41, 5.74) is 0.602. The number of benzene rings is 3. The largest absolute Gasteiger partial charge is 0.508 e. The highest BCUT2D eigenvalue weighted by molar-refractivity contribution is 5.89. The van der Waals surface area contributed by atoms with Crippen LogP contribution in [0.4, 0.5) is 0 Å². The summed E-state index contributed by atoms with van der Waals surface area (Å²) in [5.74, 6) is -3.18. The highest BCUT2D eigenvalue weighted by atomic mass is 16.5. The summed E-state index contributed by atoms with van der Waals surface area (Å²) in [6, 6.07) is 9.23. The third kappa shape index (κ3) is 3.01. The Hall–Kier alpha value is -4.37. The Bertz CT molecular complexity index is 1520. The molecule has 5 rings (SSSR count). The van der Waals surface area contributed by atoms with Crippen molar-refractivity contribution in [3.05, 3.63) is 69.4 Å². The predicted octanol–water partition coefficient (Wildman–Crippen LogP) is 3.22. The van der Waals surface area contributed by atoms with Crippen LogP contribution in [0.5, 0.6) is 34.5 Å². The number of aliphatic hydroxyl groups is 1. The maximum atomic E-state index is 13.8. The van der Waals surface area contributed by atoms with E-state index in [0.29, 0.717) is 11.1 Å². The molecule has 0 radical (unpaired) electrons. The lowest BCUT2D eigenvalue weighted by molar-refractivity contribution is 0.252. The van der Waals surface area contributed by atoms with Gasteiger partial charge in [0.25, 0.3) is 0 Å². The van der Waals surface area contributed by atoms with Gasteiger partial charge in [-0.3, -0.25) is 4.79 Å². The van der Waals surface area contributed by atoms with Gasteiger partial charge in [0.2, 0.25) is 5.43 Å². The van der Waals surface area contributed by atoms with Crippen LogP contribution in [-0.4, -0.2) is 44.4 Å². The molecule has 0 saturated carbocycles. The van der Waals surface area contributed by atoms with Gasteiger partial charge in [-0.2, -0.15) is 0 Å². The molecule has 9 heteroatoms. The van der Waals surface area contributed by atoms with E-state index in [1.807, 2.05) is 0 Å². The molecule has 1 aliphatic rings. The second kappa shape index (κ2) is 7.60. The fourth-order valence-corrected chi connectivity index (χ4v) is 4.75. The van der Waals surface area contributed by atoms with Gasteiger partial charge >= 0.3 is 0 Å². The van der Waals surface area contributed by atoms with E-state index in [9.17, 15) is 35.4 Å². The Morgan fingerprint density at radius 2 is 1.65 bits per heavy atom. The summed E-state index contributed by atoms with van der Waals surface area (Å²) in [5, 5.41) is 60.9. The summed E-state index contributed by atoms with van der Waals surface area (Å²) in [6.07, 6.45) is 0. The monoisotopic (exact) mass is 464 g/mol. The number of methoxy groups -OCH3 is 1. The number of hydrogen-bond acceptors (Lipinski definition) is 9. The van der Waals surface area contributed by atoms with Gasteiger partial charge in [-0.1, -0.05) is 6.07 Å². The molecule has 0 bridgehead atoms. The van der Waals surface area contributed by atoms with Crippen molar-refractivity contribution < 1.29 is 39.8 Å². The van der Waals surface area contributed by atoms with Crippen LogP contribution < -0.4 is 10.2 Å². The minimum Gasteiger partial charge on any atom is -0.508 e. The van der Waals surface area contributed by atoms with E-state index in [1.54, 1.807) is 6.07 Å². The van der Waals surface area contributed by atoms with Gasteiger partial charge in [0.1, 0.15) is 28.2 Å². The van der Waals surface area contributed by atoms with Crippen molar-refractivity contribution in [2.45, 2.75) is 11.8 Å². The number of hydrogen-bond donors (Lipinski definition) is 6. The molecular formula is C25H20O9. The van der Waals surface area contributed by atoms with E-state index < -0.39 is 41.1 Å². The van der Waals surface area contributed by atoms with Crippen molar-refractivity contribution in [2.24, 2.45) is 0 Å². The first-order valence-corrected chi connectivity index (χ1v) is 10.3. The van der Waals surface area contributed by atoms with Crippen LogP contribution in [-0.2, 0) is 0 Å². The second-order valence-corrected chi connectivity index (χ2v) is 8.14. The standard InChI is InChI=1S/C25H20O9/c1-33-19-4-10(2-3-15(19)28)21-14(9-26)12-7-16(29)17(30)8-13(12)25-23(21)24(32)22-18(31)5-11(27)6-20(22)34-25/h2-8,14,21,26-31H,9H2,1H3/t14-,21+/m1/s1. The second-order valence-electron chi connectivity index (χ2n) is 8.14. The molecule has 0 spiro atoms.